The lowest BCUT2D eigenvalue weighted by Gasteiger charge is -2.31. The monoisotopic (exact) mass is 1750 g/mol. The van der Waals surface area contributed by atoms with Crippen LogP contribution in [0.15, 0.2) is 215 Å². The number of aliphatic imine (C=N–C) groups is 5. The SMILES string of the molecule is C=Cc1ccc(CN=C([O-])c2n(C)cc[n+]2C)cc1.C=Cc1ccc(N=C([O-])c2n(C)cc[n+]2C)cc1.CCCCC(CC)CN(CC(CC)CCCC)C(=O)Nc1cc(N=C([O-])c2n(C)cc[n+]2C)ccc1C.CCCCC(CC)CN(CC(CC)CCCC)C(=O)Nc1ccc(C)c(N=C([O-])c2n(C)cc[n+]2C)c1.Cn1cc[n+](C)c1C([O-])=NCc1ccccc1. The third kappa shape index (κ3) is 33.1. The molecule has 690 valence electrons. The summed E-state index contributed by atoms with van der Waals surface area (Å²) in [6.07, 6.45) is 40.2. The number of hydrogen-bond acceptors (Lipinski definition) is 12. The molecule has 5 aromatic heterocycles. The molecule has 0 spiro atoms. The molecule has 0 aliphatic rings. The van der Waals surface area contributed by atoms with Crippen LogP contribution in [0.2, 0.25) is 0 Å². The lowest BCUT2D eigenvalue weighted by molar-refractivity contribution is -0.674. The molecule has 4 unspecified atom stereocenters. The number of carbonyl (C=O) groups excluding carboxylic acids is 2. The zero-order valence-corrected chi connectivity index (χ0v) is 80.1. The first kappa shape index (κ1) is 104. The van der Waals surface area contributed by atoms with E-state index in [9.17, 15) is 35.1 Å². The minimum Gasteiger partial charge on any atom is -0.853 e. The number of aryl methyl sites for hydroxylation is 12. The molecule has 10 rings (SSSR count). The molecule has 10 aromatic rings. The fourth-order valence-corrected chi connectivity index (χ4v) is 14.9. The van der Waals surface area contributed by atoms with Gasteiger partial charge >= 0.3 is 12.1 Å². The van der Waals surface area contributed by atoms with E-state index in [0.717, 1.165) is 111 Å². The number of nitrogens with zero attached hydrogens (tertiary/aromatic N) is 17. The quantitative estimate of drug-likeness (QED) is 0.0212. The Hall–Kier alpha value is -12.5. The van der Waals surface area contributed by atoms with E-state index in [0.29, 0.717) is 94.3 Å². The highest BCUT2D eigenvalue weighted by molar-refractivity contribution is 5.93. The maximum atomic E-state index is 13.6. The van der Waals surface area contributed by atoms with Gasteiger partial charge in [-0.15, -0.1) is 0 Å². The number of hydrogen-bond donors (Lipinski definition) is 2. The van der Waals surface area contributed by atoms with Gasteiger partial charge in [-0.05, 0) is 133 Å². The van der Waals surface area contributed by atoms with Crippen LogP contribution >= 0.6 is 0 Å². The fourth-order valence-electron chi connectivity index (χ4n) is 14.9. The zero-order chi connectivity index (χ0) is 93.9. The van der Waals surface area contributed by atoms with E-state index in [2.05, 4.69) is 104 Å². The standard InChI is InChI=1S/2C30H49N5O2.C15H17N3O.C14H15N3O.C13H15N3O/c1-8-12-14-24(10-3)21-35(22-25(11-4)15-13-9-2)30(37)31-26-17-16-23(5)27(20-26)32-28(36)29-33(6)18-19-34(29)7;1-8-12-14-24(10-3)21-35(22-25(11-4)15-13-9-2)30(37)32-27-20-26(17-16-23(27)5)31-28(36)29-33(6)18-19-34(29)7;1-4-12-5-7-13(8-6-12)11-16-14(19)15-17(2)9-10-18(15)3;1-4-11-5-7-12(8-6-11)15-13(18)14-16(2)9-10-17(14)3;1-15-8-9-16(2)13(15)12(17)14-10-11-6-4-3-5-7-11/h2*16-20,24-25H,8-15,21-22H2,1-7H3,(H-,31,32,36,37);4-10H,1,11H2,2-3H3;4-10H,1H2,2-3H3;3-9H,10H2,1-2H3. The van der Waals surface area contributed by atoms with Crippen molar-refractivity contribution in [2.75, 3.05) is 36.8 Å². The number of amides is 4. The van der Waals surface area contributed by atoms with E-state index in [-0.39, 0.29) is 41.6 Å². The molecule has 5 aromatic carbocycles. The molecule has 26 heteroatoms. The highest BCUT2D eigenvalue weighted by atomic mass is 16.3. The minimum absolute atomic E-state index is 0.0645. The second-order valence-corrected chi connectivity index (χ2v) is 33.3. The van der Waals surface area contributed by atoms with Crippen molar-refractivity contribution in [3.63, 3.8) is 0 Å². The molecule has 128 heavy (non-hydrogen) atoms. The summed E-state index contributed by atoms with van der Waals surface area (Å²) in [6.45, 7) is 33.0. The van der Waals surface area contributed by atoms with E-state index >= 15 is 0 Å². The Morgan fingerprint density at radius 1 is 0.398 bits per heavy atom. The van der Waals surface area contributed by atoms with Crippen molar-refractivity contribution in [2.24, 2.45) is 119 Å². The van der Waals surface area contributed by atoms with Crippen molar-refractivity contribution in [2.45, 2.75) is 185 Å². The third-order valence-electron chi connectivity index (χ3n) is 23.1. The van der Waals surface area contributed by atoms with Gasteiger partial charge in [-0.25, -0.2) is 55.3 Å². The summed E-state index contributed by atoms with van der Waals surface area (Å²) in [6, 6.07) is 35.9. The third-order valence-corrected chi connectivity index (χ3v) is 23.1. The molecule has 0 saturated carbocycles. The van der Waals surface area contributed by atoms with Crippen LogP contribution in [0, 0.1) is 37.5 Å². The molecular weight excluding hydrogens is 1600 g/mol. The highest BCUT2D eigenvalue weighted by Gasteiger charge is 2.26. The topological polar surface area (TPSA) is 286 Å². The van der Waals surface area contributed by atoms with Gasteiger partial charge in [0.1, 0.15) is 62.0 Å². The molecule has 2 N–H and O–H groups in total. The van der Waals surface area contributed by atoms with Crippen LogP contribution in [-0.2, 0) is 83.6 Å². The van der Waals surface area contributed by atoms with Crippen LogP contribution in [0.25, 0.3) is 12.2 Å². The summed E-state index contributed by atoms with van der Waals surface area (Å²) in [5, 5.41) is 68.0. The fraction of sp³-hybridized carbons (Fsp3) is 0.451. The average molecular weight is 1750 g/mol. The van der Waals surface area contributed by atoms with Gasteiger partial charge in [0, 0.05) is 37.6 Å². The van der Waals surface area contributed by atoms with E-state index in [1.54, 1.807) is 82.1 Å². The first-order chi connectivity index (χ1) is 61.4. The lowest BCUT2D eigenvalue weighted by Crippen LogP contribution is -2.41. The maximum Gasteiger partial charge on any atom is 0.321 e. The van der Waals surface area contributed by atoms with Gasteiger partial charge in [0.2, 0.25) is 0 Å². The van der Waals surface area contributed by atoms with Crippen LogP contribution < -0.4 is 59.0 Å². The number of urea groups is 2. The Morgan fingerprint density at radius 2 is 0.719 bits per heavy atom. The number of carbonyl (C=O) groups is 2. The molecule has 4 atom stereocenters. The van der Waals surface area contributed by atoms with Crippen LogP contribution in [0.1, 0.15) is 221 Å². The van der Waals surface area contributed by atoms with Crippen LogP contribution in [0.4, 0.5) is 38.0 Å². The Kier molecular flexibility index (Phi) is 44.4. The number of aromatic nitrogens is 10. The van der Waals surface area contributed by atoms with Gasteiger partial charge in [0.25, 0.3) is 29.1 Å². The smallest absolute Gasteiger partial charge is 0.321 e. The van der Waals surface area contributed by atoms with Gasteiger partial charge in [0.05, 0.1) is 130 Å². The molecule has 5 heterocycles. The van der Waals surface area contributed by atoms with Crippen molar-refractivity contribution in [1.82, 2.24) is 32.6 Å². The molecule has 0 aliphatic heterocycles. The molecule has 0 fully saturated rings. The van der Waals surface area contributed by atoms with Crippen LogP contribution in [0.5, 0.6) is 0 Å². The number of nitrogens with one attached hydrogen (secondary N) is 2. The molecule has 0 radical (unpaired) electrons. The van der Waals surface area contributed by atoms with E-state index < -0.39 is 0 Å². The Balaban J connectivity index is 0.000000257. The number of unbranched alkanes of at least 4 members (excludes halogenated alkanes) is 4. The molecule has 26 nitrogen and oxygen atoms in total. The lowest BCUT2D eigenvalue weighted by atomic mass is 9.96. The van der Waals surface area contributed by atoms with E-state index in [4.69, 9.17) is 0 Å². The van der Waals surface area contributed by atoms with Crippen molar-refractivity contribution in [3.05, 3.63) is 253 Å². The maximum absolute atomic E-state index is 13.6. The molecule has 0 saturated heterocycles. The van der Waals surface area contributed by atoms with Gasteiger partial charge in [0.15, 0.2) is 0 Å². The average Bonchev–Trinajstić information content (AvgIpc) is 1.63. The second-order valence-electron chi connectivity index (χ2n) is 33.3. The van der Waals surface area contributed by atoms with Crippen molar-refractivity contribution >= 4 is 82.1 Å². The number of anilines is 2. The summed E-state index contributed by atoms with van der Waals surface area (Å²) in [4.78, 5) is 52.2. The van der Waals surface area contributed by atoms with E-state index in [1.807, 2.05) is 247 Å². The molecule has 0 bridgehead atoms. The van der Waals surface area contributed by atoms with Gasteiger partial charge in [-0.2, -0.15) is 0 Å². The first-order valence-electron chi connectivity index (χ1n) is 45.5. The predicted molar refractivity (Wildman–Crippen MR) is 508 cm³/mol. The zero-order valence-electron chi connectivity index (χ0n) is 80.1. The molecule has 0 aliphatic carbocycles. The van der Waals surface area contributed by atoms with Crippen LogP contribution in [-0.4, -0.2) is 100 Å². The van der Waals surface area contributed by atoms with Crippen LogP contribution in [0.3, 0.4) is 0 Å². The molecular formula is C102H145N19O7. The van der Waals surface area contributed by atoms with Gasteiger partial charge in [-0.1, -0.05) is 237 Å². The first-order valence-corrected chi connectivity index (χ1v) is 45.5. The largest absolute Gasteiger partial charge is 0.853 e. The Bertz CT molecular complexity index is 5100. The summed E-state index contributed by atoms with van der Waals surface area (Å²) in [5.41, 5.74) is 9.04. The normalized spacial score (nSPS) is 12.7. The number of benzene rings is 5. The summed E-state index contributed by atoms with van der Waals surface area (Å²) < 4.78 is 17.6. The molecule has 4 amide bonds. The Labute approximate surface area is 762 Å². The second kappa shape index (κ2) is 54.5. The summed E-state index contributed by atoms with van der Waals surface area (Å²) in [7, 11) is 18.3. The highest BCUT2D eigenvalue weighted by Crippen LogP contribution is 2.29. The van der Waals surface area contributed by atoms with Crippen molar-refractivity contribution < 1.29 is 58.0 Å². The van der Waals surface area contributed by atoms with Gasteiger partial charge < -0.3 is 46.0 Å². The summed E-state index contributed by atoms with van der Waals surface area (Å²) >= 11 is 0. The van der Waals surface area contributed by atoms with Crippen molar-refractivity contribution in [1.29, 1.82) is 0 Å². The Morgan fingerprint density at radius 3 is 1.06 bits per heavy atom. The number of rotatable bonds is 40. The number of imidazole rings is 5. The summed E-state index contributed by atoms with van der Waals surface area (Å²) in [5.74, 6) is 3.41. The van der Waals surface area contributed by atoms with Crippen molar-refractivity contribution in [3.8, 4) is 0 Å². The van der Waals surface area contributed by atoms with Gasteiger partial charge in [-0.3, -0.25) is 25.0 Å². The van der Waals surface area contributed by atoms with E-state index in [1.165, 1.54) is 51.4 Å². The predicted octanol–water partition coefficient (Wildman–Crippen LogP) is 13.6. The minimum atomic E-state index is -0.318.